The molecule has 0 heterocycles. The van der Waals surface area contributed by atoms with Gasteiger partial charge in [0.15, 0.2) is 0 Å². The topological polar surface area (TPSA) is 12.0 Å². The van der Waals surface area contributed by atoms with Crippen LogP contribution in [-0.4, -0.2) is 12.6 Å². The quantitative estimate of drug-likeness (QED) is 0.780. The zero-order chi connectivity index (χ0) is 12.8. The lowest BCUT2D eigenvalue weighted by Gasteiger charge is -2.35. The van der Waals surface area contributed by atoms with E-state index >= 15 is 0 Å². The Labute approximate surface area is 108 Å². The van der Waals surface area contributed by atoms with Crippen molar-refractivity contribution >= 4 is 0 Å². The molecule has 1 nitrogen and oxygen atoms in total. The summed E-state index contributed by atoms with van der Waals surface area (Å²) in [5, 5.41) is 3.89. The van der Waals surface area contributed by atoms with Gasteiger partial charge in [-0.25, -0.2) is 0 Å². The lowest BCUT2D eigenvalue weighted by Crippen LogP contribution is -2.44. The van der Waals surface area contributed by atoms with Crippen molar-refractivity contribution in [1.82, 2.24) is 5.32 Å². The zero-order valence-electron chi connectivity index (χ0n) is 12.6. The zero-order valence-corrected chi connectivity index (χ0v) is 12.6. The molecule has 2 aliphatic rings. The van der Waals surface area contributed by atoms with Gasteiger partial charge in [0, 0.05) is 6.04 Å². The fraction of sp³-hybridized carbons (Fsp3) is 1.00. The average molecular weight is 237 g/mol. The molecule has 100 valence electrons. The largest absolute Gasteiger partial charge is 0.313 e. The molecule has 2 fully saturated rings. The van der Waals surface area contributed by atoms with Crippen LogP contribution in [0.2, 0.25) is 0 Å². The average Bonchev–Trinajstić information content (AvgIpc) is 2.59. The highest BCUT2D eigenvalue weighted by Gasteiger charge is 2.64. The van der Waals surface area contributed by atoms with Gasteiger partial charge in [-0.1, -0.05) is 48.0 Å². The van der Waals surface area contributed by atoms with Gasteiger partial charge < -0.3 is 5.32 Å². The third kappa shape index (κ3) is 2.16. The molecule has 0 aromatic rings. The number of rotatable bonds is 3. The first-order valence-corrected chi connectivity index (χ1v) is 7.52. The molecule has 0 aliphatic heterocycles. The van der Waals surface area contributed by atoms with E-state index in [2.05, 4.69) is 46.9 Å². The predicted molar refractivity (Wildman–Crippen MR) is 75.0 cm³/mol. The van der Waals surface area contributed by atoms with Crippen molar-refractivity contribution in [3.63, 3.8) is 0 Å². The highest BCUT2D eigenvalue weighted by molar-refractivity contribution is 5.13. The highest BCUT2D eigenvalue weighted by atomic mass is 15.0. The van der Waals surface area contributed by atoms with Gasteiger partial charge >= 0.3 is 0 Å². The van der Waals surface area contributed by atoms with Crippen molar-refractivity contribution in [1.29, 1.82) is 0 Å². The molecule has 2 saturated carbocycles. The number of hydrogen-bond donors (Lipinski definition) is 1. The second-order valence-electron chi connectivity index (χ2n) is 7.82. The van der Waals surface area contributed by atoms with Crippen LogP contribution in [0.5, 0.6) is 0 Å². The second kappa shape index (κ2) is 4.26. The molecule has 17 heavy (non-hydrogen) atoms. The third-order valence-corrected chi connectivity index (χ3v) is 6.42. The predicted octanol–water partition coefficient (Wildman–Crippen LogP) is 4.08. The Morgan fingerprint density at radius 2 is 1.41 bits per heavy atom. The van der Waals surface area contributed by atoms with E-state index in [1.807, 2.05) is 0 Å². The summed E-state index contributed by atoms with van der Waals surface area (Å²) in [4.78, 5) is 0. The summed E-state index contributed by atoms with van der Waals surface area (Å²) in [5.74, 6) is 2.59. The van der Waals surface area contributed by atoms with Gasteiger partial charge in [0.25, 0.3) is 0 Å². The molecular formula is C16H31N. The first-order valence-electron chi connectivity index (χ1n) is 7.52. The van der Waals surface area contributed by atoms with Crippen molar-refractivity contribution in [2.45, 2.75) is 66.8 Å². The number of hydrogen-bond acceptors (Lipinski definition) is 1. The Morgan fingerprint density at radius 1 is 0.941 bits per heavy atom. The van der Waals surface area contributed by atoms with Crippen molar-refractivity contribution in [2.24, 2.45) is 28.6 Å². The molecular weight excluding hydrogens is 206 g/mol. The van der Waals surface area contributed by atoms with E-state index in [1.165, 1.54) is 25.8 Å². The van der Waals surface area contributed by atoms with E-state index in [4.69, 9.17) is 0 Å². The minimum atomic E-state index is 0.529. The Kier molecular flexibility index (Phi) is 3.36. The van der Waals surface area contributed by atoms with Gasteiger partial charge in [0.1, 0.15) is 0 Å². The van der Waals surface area contributed by atoms with Crippen LogP contribution in [0.3, 0.4) is 0 Å². The molecule has 2 unspecified atom stereocenters. The third-order valence-electron chi connectivity index (χ3n) is 6.42. The first-order chi connectivity index (χ1) is 7.78. The van der Waals surface area contributed by atoms with Crippen molar-refractivity contribution in [2.75, 3.05) is 6.54 Å². The summed E-state index contributed by atoms with van der Waals surface area (Å²) in [6, 6.07) is 0.760. The molecule has 0 amide bonds. The molecule has 0 aromatic heterocycles. The van der Waals surface area contributed by atoms with Gasteiger partial charge in [-0.2, -0.15) is 0 Å². The van der Waals surface area contributed by atoms with Gasteiger partial charge in [-0.15, -0.1) is 0 Å². The van der Waals surface area contributed by atoms with Gasteiger partial charge in [-0.3, -0.25) is 0 Å². The van der Waals surface area contributed by atoms with Crippen LogP contribution in [-0.2, 0) is 0 Å². The van der Waals surface area contributed by atoms with E-state index in [9.17, 15) is 0 Å². The lowest BCUT2D eigenvalue weighted by atomic mass is 9.78. The molecule has 0 spiro atoms. The van der Waals surface area contributed by atoms with E-state index in [0.717, 1.165) is 23.8 Å². The Hall–Kier alpha value is -0.0400. The molecule has 0 saturated heterocycles. The monoisotopic (exact) mass is 237 g/mol. The van der Waals surface area contributed by atoms with E-state index in [0.29, 0.717) is 10.8 Å². The molecule has 0 radical (unpaired) electrons. The summed E-state index contributed by atoms with van der Waals surface area (Å²) in [5.41, 5.74) is 1.06. The molecule has 0 bridgehead atoms. The Balaban J connectivity index is 1.87. The van der Waals surface area contributed by atoms with Gasteiger partial charge in [-0.05, 0) is 48.0 Å². The van der Waals surface area contributed by atoms with Crippen LogP contribution in [0.25, 0.3) is 0 Å². The van der Waals surface area contributed by atoms with E-state index in [-0.39, 0.29) is 0 Å². The standard InChI is InChI=1S/C16H31N/c1-11-8-7-9-12(2)14(11)17-10-13-15(3,4)16(13,5)6/h11-14,17H,7-10H2,1-6H3. The maximum absolute atomic E-state index is 3.89. The fourth-order valence-electron chi connectivity index (χ4n) is 4.18. The summed E-state index contributed by atoms with van der Waals surface area (Å²) < 4.78 is 0. The first kappa shape index (κ1) is 13.4. The fourth-order valence-corrected chi connectivity index (χ4v) is 4.18. The highest BCUT2D eigenvalue weighted by Crippen LogP contribution is 2.68. The minimum absolute atomic E-state index is 0.529. The smallest absolute Gasteiger partial charge is 0.0118 e. The van der Waals surface area contributed by atoms with Crippen LogP contribution in [0.1, 0.15) is 60.8 Å². The van der Waals surface area contributed by atoms with Crippen molar-refractivity contribution < 1.29 is 0 Å². The van der Waals surface area contributed by atoms with Crippen LogP contribution in [0.4, 0.5) is 0 Å². The summed E-state index contributed by atoms with van der Waals surface area (Å²) >= 11 is 0. The van der Waals surface area contributed by atoms with Crippen molar-refractivity contribution in [3.05, 3.63) is 0 Å². The van der Waals surface area contributed by atoms with E-state index in [1.54, 1.807) is 0 Å². The normalized spacial score (nSPS) is 40.2. The second-order valence-corrected chi connectivity index (χ2v) is 7.82. The van der Waals surface area contributed by atoms with Gasteiger partial charge in [0.2, 0.25) is 0 Å². The lowest BCUT2D eigenvalue weighted by molar-refractivity contribution is 0.204. The summed E-state index contributed by atoms with van der Waals surface area (Å²) in [6.07, 6.45) is 4.26. The van der Waals surface area contributed by atoms with Gasteiger partial charge in [0.05, 0.1) is 0 Å². The van der Waals surface area contributed by atoms with E-state index < -0.39 is 0 Å². The summed E-state index contributed by atoms with van der Waals surface area (Å²) in [7, 11) is 0. The molecule has 2 rings (SSSR count). The maximum Gasteiger partial charge on any atom is 0.0118 e. The minimum Gasteiger partial charge on any atom is -0.313 e. The summed E-state index contributed by atoms with van der Waals surface area (Å²) in [6.45, 7) is 15.8. The Morgan fingerprint density at radius 3 is 1.82 bits per heavy atom. The Bertz CT molecular complexity index is 255. The van der Waals surface area contributed by atoms with Crippen LogP contribution >= 0.6 is 0 Å². The SMILES string of the molecule is CC1CCCC(C)C1NCC1C(C)(C)C1(C)C. The van der Waals surface area contributed by atoms with Crippen LogP contribution in [0.15, 0.2) is 0 Å². The van der Waals surface area contributed by atoms with Crippen LogP contribution < -0.4 is 5.32 Å². The van der Waals surface area contributed by atoms with Crippen LogP contribution in [0, 0.1) is 28.6 Å². The number of nitrogens with one attached hydrogen (secondary N) is 1. The maximum atomic E-state index is 3.89. The molecule has 1 heteroatoms. The molecule has 2 aliphatic carbocycles. The molecule has 1 N–H and O–H groups in total. The molecule has 2 atom stereocenters. The van der Waals surface area contributed by atoms with Crippen molar-refractivity contribution in [3.8, 4) is 0 Å². The molecule has 0 aromatic carbocycles.